The van der Waals surface area contributed by atoms with Gasteiger partial charge < -0.3 is 29.9 Å². The number of fused-ring (bicyclic) bond motifs is 1. The number of carbonyl (C=O) groups is 1. The molecule has 38 heavy (non-hydrogen) atoms. The number of nitrogens with one attached hydrogen (secondary N) is 1. The van der Waals surface area contributed by atoms with Crippen LogP contribution in [0.1, 0.15) is 45.1 Å². The van der Waals surface area contributed by atoms with Crippen LogP contribution in [0.3, 0.4) is 0 Å². The molecule has 0 saturated carbocycles. The number of amides is 1. The Morgan fingerprint density at radius 1 is 1.05 bits per heavy atom. The van der Waals surface area contributed by atoms with Crippen molar-refractivity contribution >= 4 is 16.8 Å². The van der Waals surface area contributed by atoms with Crippen molar-refractivity contribution in [3.05, 3.63) is 48.2 Å². The van der Waals surface area contributed by atoms with E-state index in [1.807, 2.05) is 51.2 Å². The average Bonchev–Trinajstić information content (AvgIpc) is 3.48. The Morgan fingerprint density at radius 3 is 2.55 bits per heavy atom. The molecule has 10 nitrogen and oxygen atoms in total. The summed E-state index contributed by atoms with van der Waals surface area (Å²) < 4.78 is 9.35. The largest absolute Gasteiger partial charge is 0.508 e. The summed E-state index contributed by atoms with van der Waals surface area (Å²) in [7, 11) is 1.65. The summed E-state index contributed by atoms with van der Waals surface area (Å²) in [5.41, 5.74) is 2.64. The van der Waals surface area contributed by atoms with Crippen molar-refractivity contribution in [3.8, 4) is 34.6 Å². The van der Waals surface area contributed by atoms with Gasteiger partial charge in [0.1, 0.15) is 11.5 Å². The first kappa shape index (κ1) is 27.0. The molecule has 0 aliphatic heterocycles. The summed E-state index contributed by atoms with van der Waals surface area (Å²) >= 11 is 0. The molecule has 2 aromatic heterocycles. The van der Waals surface area contributed by atoms with Crippen LogP contribution >= 0.6 is 0 Å². The highest BCUT2D eigenvalue weighted by atomic mass is 16.5. The second-order valence-corrected chi connectivity index (χ2v) is 9.61. The molecule has 0 aliphatic carbocycles. The number of aromatic nitrogens is 4. The van der Waals surface area contributed by atoms with Crippen molar-refractivity contribution in [2.45, 2.75) is 46.1 Å². The Balaban J connectivity index is 1.52. The summed E-state index contributed by atoms with van der Waals surface area (Å²) in [4.78, 5) is 11.8. The van der Waals surface area contributed by atoms with Crippen LogP contribution in [0.25, 0.3) is 28.0 Å². The molecular formula is C28H35N5O5. The second kappa shape index (κ2) is 11.6. The van der Waals surface area contributed by atoms with Gasteiger partial charge in [-0.3, -0.25) is 4.79 Å². The first-order valence-corrected chi connectivity index (χ1v) is 12.8. The van der Waals surface area contributed by atoms with Gasteiger partial charge in [0.25, 0.3) is 0 Å². The van der Waals surface area contributed by atoms with Gasteiger partial charge in [-0.1, -0.05) is 25.9 Å². The number of nitrogens with zero attached hydrogens (tertiary/aromatic N) is 4. The number of ether oxygens (including phenoxy) is 1. The fourth-order valence-electron chi connectivity index (χ4n) is 4.66. The standard InChI is InChI=1S/C28H35N5O5/c1-5-18(27(36)29-4)9-12-38-13-11-32-10-8-19-14-20(6-7-23(19)32)33-26(30-31-28(33)37)22-15-21(17(2)3)24(34)16-25(22)35/h6-8,10,14-18,34-35H,5,9,11-13H2,1-4H3,(H,29,36)(H,31,37). The molecule has 2 aromatic carbocycles. The lowest BCUT2D eigenvalue weighted by atomic mass is 9.98. The number of hydrogen-bond donors (Lipinski definition) is 4. The van der Waals surface area contributed by atoms with Crippen LogP contribution in [0.15, 0.2) is 42.6 Å². The van der Waals surface area contributed by atoms with Crippen molar-refractivity contribution in [2.24, 2.45) is 5.92 Å². The molecule has 4 rings (SSSR count). The minimum atomic E-state index is -0.312. The van der Waals surface area contributed by atoms with E-state index >= 15 is 0 Å². The van der Waals surface area contributed by atoms with Gasteiger partial charge in [0.15, 0.2) is 5.82 Å². The molecule has 4 N–H and O–H groups in total. The third kappa shape index (κ3) is 5.45. The summed E-state index contributed by atoms with van der Waals surface area (Å²) in [6.07, 6.45) is 3.44. The smallest absolute Gasteiger partial charge is 0.319 e. The topological polar surface area (TPSA) is 135 Å². The highest BCUT2D eigenvalue weighted by Gasteiger charge is 2.21. The lowest BCUT2D eigenvalue weighted by Gasteiger charge is -2.14. The van der Waals surface area contributed by atoms with Crippen LogP contribution in [-0.2, 0) is 16.1 Å². The number of aromatic hydroxyl groups is 3. The number of phenolic OH excluding ortho intramolecular Hbond substituents is 2. The van der Waals surface area contributed by atoms with Gasteiger partial charge in [0.05, 0.1) is 17.9 Å². The number of carbonyl (C=O) groups excluding carboxylic acids is 1. The maximum Gasteiger partial charge on any atom is 0.319 e. The monoisotopic (exact) mass is 521 g/mol. The highest BCUT2D eigenvalue weighted by molar-refractivity contribution is 5.83. The van der Waals surface area contributed by atoms with E-state index in [9.17, 15) is 20.1 Å². The van der Waals surface area contributed by atoms with Crippen molar-refractivity contribution in [2.75, 3.05) is 20.3 Å². The molecule has 1 unspecified atom stereocenters. The van der Waals surface area contributed by atoms with Crippen molar-refractivity contribution in [1.82, 2.24) is 24.6 Å². The molecule has 4 aromatic rings. The lowest BCUT2D eigenvalue weighted by Crippen LogP contribution is -2.27. The van der Waals surface area contributed by atoms with Crippen LogP contribution in [0.5, 0.6) is 17.5 Å². The predicted molar refractivity (Wildman–Crippen MR) is 145 cm³/mol. The zero-order valence-electron chi connectivity index (χ0n) is 22.2. The maximum atomic E-state index is 11.8. The zero-order valence-corrected chi connectivity index (χ0v) is 22.2. The van der Waals surface area contributed by atoms with Crippen LogP contribution in [0.4, 0.5) is 0 Å². The van der Waals surface area contributed by atoms with Gasteiger partial charge >= 0.3 is 6.01 Å². The van der Waals surface area contributed by atoms with Gasteiger partial charge in [-0.2, -0.15) is 0 Å². The fourth-order valence-corrected chi connectivity index (χ4v) is 4.66. The Morgan fingerprint density at radius 2 is 1.84 bits per heavy atom. The number of rotatable bonds is 11. The van der Waals surface area contributed by atoms with E-state index in [1.54, 1.807) is 13.1 Å². The highest BCUT2D eigenvalue weighted by Crippen LogP contribution is 2.39. The first-order valence-electron chi connectivity index (χ1n) is 12.8. The van der Waals surface area contributed by atoms with E-state index in [0.717, 1.165) is 17.3 Å². The van der Waals surface area contributed by atoms with Crippen LogP contribution < -0.4 is 5.32 Å². The normalized spacial score (nSPS) is 12.3. The van der Waals surface area contributed by atoms with E-state index < -0.39 is 0 Å². The Hall–Kier alpha value is -4.05. The van der Waals surface area contributed by atoms with E-state index in [1.165, 1.54) is 10.6 Å². The average molecular weight is 522 g/mol. The summed E-state index contributed by atoms with van der Waals surface area (Å²) in [6, 6.07) is 10.3. The van der Waals surface area contributed by atoms with Gasteiger partial charge in [0, 0.05) is 49.3 Å². The van der Waals surface area contributed by atoms with Gasteiger partial charge in [-0.25, -0.2) is 4.57 Å². The minimum absolute atomic E-state index is 0.0000798. The first-order chi connectivity index (χ1) is 18.2. The molecule has 2 heterocycles. The quantitative estimate of drug-likeness (QED) is 0.216. The minimum Gasteiger partial charge on any atom is -0.508 e. The Kier molecular flexibility index (Phi) is 8.21. The van der Waals surface area contributed by atoms with Gasteiger partial charge in [-0.15, -0.1) is 5.10 Å². The molecule has 0 saturated heterocycles. The molecular weight excluding hydrogens is 486 g/mol. The third-order valence-electron chi connectivity index (χ3n) is 6.86. The van der Waals surface area contributed by atoms with Crippen molar-refractivity contribution < 1.29 is 24.9 Å². The van der Waals surface area contributed by atoms with E-state index in [0.29, 0.717) is 43.0 Å². The molecule has 0 fully saturated rings. The summed E-state index contributed by atoms with van der Waals surface area (Å²) in [5, 5.41) is 42.9. The summed E-state index contributed by atoms with van der Waals surface area (Å²) in [5.74, 6) is 0.129. The fraction of sp³-hybridized carbons (Fsp3) is 0.393. The van der Waals surface area contributed by atoms with Crippen molar-refractivity contribution in [3.63, 3.8) is 0 Å². The molecule has 1 amide bonds. The lowest BCUT2D eigenvalue weighted by molar-refractivity contribution is -0.125. The molecule has 0 radical (unpaired) electrons. The zero-order chi connectivity index (χ0) is 27.4. The van der Waals surface area contributed by atoms with Crippen molar-refractivity contribution in [1.29, 1.82) is 0 Å². The van der Waals surface area contributed by atoms with E-state index in [-0.39, 0.29) is 41.1 Å². The molecule has 0 spiro atoms. The van der Waals surface area contributed by atoms with Crippen LogP contribution in [0, 0.1) is 5.92 Å². The third-order valence-corrected chi connectivity index (χ3v) is 6.86. The maximum absolute atomic E-state index is 11.8. The number of phenols is 2. The van der Waals surface area contributed by atoms with E-state index in [4.69, 9.17) is 4.74 Å². The molecule has 202 valence electrons. The molecule has 0 aliphatic rings. The van der Waals surface area contributed by atoms with Gasteiger partial charge in [-0.05, 0) is 54.7 Å². The second-order valence-electron chi connectivity index (χ2n) is 9.61. The molecule has 0 bridgehead atoms. The SMILES string of the molecule is CCC(CCOCCn1ccc2cc(-n3c(O)nnc3-c3cc(C(C)C)c(O)cc3O)ccc21)C(=O)NC. The van der Waals surface area contributed by atoms with Crippen LogP contribution in [0.2, 0.25) is 0 Å². The number of hydrogen-bond acceptors (Lipinski definition) is 7. The Bertz CT molecular complexity index is 1420. The molecule has 1 atom stereocenters. The number of benzene rings is 2. The van der Waals surface area contributed by atoms with E-state index in [2.05, 4.69) is 20.1 Å². The van der Waals surface area contributed by atoms with Crippen LogP contribution in [-0.4, -0.2) is 60.8 Å². The predicted octanol–water partition coefficient (Wildman–Crippen LogP) is 4.31. The Labute approximate surface area is 221 Å². The molecule has 10 heteroatoms. The van der Waals surface area contributed by atoms with Gasteiger partial charge in [0.2, 0.25) is 5.91 Å². The summed E-state index contributed by atoms with van der Waals surface area (Å²) in [6.45, 7) is 7.57.